The number of benzene rings is 1. The normalized spacial score (nSPS) is 15.7. The van der Waals surface area contributed by atoms with E-state index in [1.807, 2.05) is 0 Å². The molecule has 2 heterocycles. The van der Waals surface area contributed by atoms with Crippen LogP contribution in [0.15, 0.2) is 36.5 Å². The number of methoxy groups -OCH3 is 1. The number of hydrogen-bond donors (Lipinski definition) is 2. The molecule has 1 atom stereocenters. The van der Waals surface area contributed by atoms with Crippen LogP contribution >= 0.6 is 0 Å². The second-order valence-electron chi connectivity index (χ2n) is 5.71. The molecule has 0 amide bonds. The van der Waals surface area contributed by atoms with Gasteiger partial charge in [0.1, 0.15) is 0 Å². The Balaban J connectivity index is 1.49. The second kappa shape index (κ2) is 7.39. The summed E-state index contributed by atoms with van der Waals surface area (Å²) < 4.78 is 5.05. The van der Waals surface area contributed by atoms with Crippen molar-refractivity contribution in [2.24, 2.45) is 0 Å². The first-order valence-electron chi connectivity index (χ1n) is 7.82. The first-order chi connectivity index (χ1) is 11.2. The minimum atomic E-state index is -0.477. The van der Waals surface area contributed by atoms with Crippen LogP contribution in [0, 0.1) is 0 Å². The maximum absolute atomic E-state index is 10.2. The molecule has 1 aromatic heterocycles. The van der Waals surface area contributed by atoms with Crippen molar-refractivity contribution < 1.29 is 9.84 Å². The lowest BCUT2D eigenvalue weighted by atomic mass is 10.00. The fraction of sp³-hybridized carbons (Fsp3) is 0.412. The van der Waals surface area contributed by atoms with E-state index < -0.39 is 6.10 Å². The van der Waals surface area contributed by atoms with Crippen LogP contribution in [0.5, 0.6) is 5.88 Å². The third kappa shape index (κ3) is 4.18. The predicted octanol–water partition coefficient (Wildman–Crippen LogP) is 1.32. The topological polar surface area (TPSA) is 70.5 Å². The van der Waals surface area contributed by atoms with E-state index in [-0.39, 0.29) is 0 Å². The summed E-state index contributed by atoms with van der Waals surface area (Å²) in [4.78, 5) is 10.6. The molecule has 23 heavy (non-hydrogen) atoms. The Morgan fingerprint density at radius 3 is 2.96 bits per heavy atom. The summed E-state index contributed by atoms with van der Waals surface area (Å²) in [5, 5.41) is 13.3. The average Bonchev–Trinajstić information content (AvgIpc) is 2.60. The summed E-state index contributed by atoms with van der Waals surface area (Å²) >= 11 is 0. The van der Waals surface area contributed by atoms with Crippen LogP contribution in [0.1, 0.15) is 11.1 Å². The number of ether oxygens (including phenoxy) is 1. The molecule has 6 nitrogen and oxygen atoms in total. The summed E-state index contributed by atoms with van der Waals surface area (Å²) in [6.45, 7) is 2.91. The van der Waals surface area contributed by atoms with Crippen molar-refractivity contribution in [1.29, 1.82) is 0 Å². The fourth-order valence-corrected chi connectivity index (χ4v) is 2.82. The van der Waals surface area contributed by atoms with Crippen LogP contribution in [0.4, 0.5) is 5.95 Å². The van der Waals surface area contributed by atoms with Gasteiger partial charge in [-0.2, -0.15) is 4.98 Å². The molecule has 3 rings (SSSR count). The molecule has 0 radical (unpaired) electrons. The van der Waals surface area contributed by atoms with Crippen molar-refractivity contribution in [3.05, 3.63) is 47.7 Å². The molecule has 1 unspecified atom stereocenters. The van der Waals surface area contributed by atoms with E-state index >= 15 is 0 Å². The lowest BCUT2D eigenvalue weighted by molar-refractivity contribution is 0.114. The third-order valence-electron chi connectivity index (χ3n) is 4.01. The predicted molar refractivity (Wildman–Crippen MR) is 88.5 cm³/mol. The first kappa shape index (κ1) is 15.7. The number of nitrogens with one attached hydrogen (secondary N) is 1. The maximum atomic E-state index is 10.2. The van der Waals surface area contributed by atoms with Crippen LogP contribution in [0.2, 0.25) is 0 Å². The Morgan fingerprint density at radius 2 is 2.13 bits per heavy atom. The van der Waals surface area contributed by atoms with Gasteiger partial charge in [0.2, 0.25) is 11.8 Å². The molecule has 2 aromatic rings. The third-order valence-corrected chi connectivity index (χ3v) is 4.01. The SMILES string of the molecule is COc1ccnc(NCC(O)CN2CCc3ccccc3C2)n1. The zero-order valence-electron chi connectivity index (χ0n) is 13.3. The Morgan fingerprint density at radius 1 is 1.30 bits per heavy atom. The molecule has 0 saturated carbocycles. The first-order valence-corrected chi connectivity index (χ1v) is 7.82. The second-order valence-corrected chi connectivity index (χ2v) is 5.71. The lowest BCUT2D eigenvalue weighted by Crippen LogP contribution is -2.39. The maximum Gasteiger partial charge on any atom is 0.226 e. The number of anilines is 1. The van der Waals surface area contributed by atoms with Gasteiger partial charge < -0.3 is 15.2 Å². The van der Waals surface area contributed by atoms with Crippen molar-refractivity contribution in [2.45, 2.75) is 19.1 Å². The number of rotatable bonds is 6. The van der Waals surface area contributed by atoms with Crippen LogP contribution in [-0.2, 0) is 13.0 Å². The van der Waals surface area contributed by atoms with Gasteiger partial charge in [0.25, 0.3) is 0 Å². The number of aliphatic hydroxyl groups excluding tert-OH is 1. The summed E-state index contributed by atoms with van der Waals surface area (Å²) in [7, 11) is 1.56. The smallest absolute Gasteiger partial charge is 0.226 e. The number of aliphatic hydroxyl groups is 1. The van der Waals surface area contributed by atoms with Crippen LogP contribution in [0.3, 0.4) is 0 Å². The van der Waals surface area contributed by atoms with Gasteiger partial charge >= 0.3 is 0 Å². The Hall–Kier alpha value is -2.18. The van der Waals surface area contributed by atoms with E-state index in [9.17, 15) is 5.11 Å². The molecule has 122 valence electrons. The van der Waals surface area contributed by atoms with Gasteiger partial charge in [-0.1, -0.05) is 24.3 Å². The molecule has 1 aromatic carbocycles. The van der Waals surface area contributed by atoms with Gasteiger partial charge in [0.05, 0.1) is 13.2 Å². The molecule has 2 N–H and O–H groups in total. The van der Waals surface area contributed by atoms with Crippen LogP contribution < -0.4 is 10.1 Å². The van der Waals surface area contributed by atoms with Gasteiger partial charge in [-0.15, -0.1) is 0 Å². The molecule has 0 aliphatic carbocycles. The molecular formula is C17H22N4O2. The van der Waals surface area contributed by atoms with E-state index in [2.05, 4.69) is 44.5 Å². The Bertz CT molecular complexity index is 650. The van der Waals surface area contributed by atoms with Crippen molar-refractivity contribution >= 4 is 5.95 Å². The fourth-order valence-electron chi connectivity index (χ4n) is 2.82. The van der Waals surface area contributed by atoms with Crippen molar-refractivity contribution in [2.75, 3.05) is 32.1 Å². The Labute approximate surface area is 136 Å². The molecule has 1 aliphatic rings. The van der Waals surface area contributed by atoms with E-state index in [1.54, 1.807) is 19.4 Å². The molecule has 1 aliphatic heterocycles. The van der Waals surface area contributed by atoms with E-state index in [0.717, 1.165) is 19.5 Å². The van der Waals surface area contributed by atoms with Crippen LogP contribution in [0.25, 0.3) is 0 Å². The van der Waals surface area contributed by atoms with Gasteiger partial charge in [-0.3, -0.25) is 4.90 Å². The average molecular weight is 314 g/mol. The molecule has 0 bridgehead atoms. The molecular weight excluding hydrogens is 292 g/mol. The highest BCUT2D eigenvalue weighted by atomic mass is 16.5. The lowest BCUT2D eigenvalue weighted by Gasteiger charge is -2.30. The quantitative estimate of drug-likeness (QED) is 0.838. The number of nitrogens with zero attached hydrogens (tertiary/aromatic N) is 3. The number of β-amino-alcohol motifs (C(OH)–C–C–N with tert-alkyl or cyclic N) is 1. The monoisotopic (exact) mass is 314 g/mol. The Kier molecular flexibility index (Phi) is 5.05. The standard InChI is InChI=1S/C17H22N4O2/c1-23-16-6-8-18-17(20-16)19-10-15(22)12-21-9-7-13-4-2-3-5-14(13)11-21/h2-6,8,15,22H,7,9-12H2,1H3,(H,18,19,20). The minimum Gasteiger partial charge on any atom is -0.481 e. The van der Waals surface area contributed by atoms with E-state index in [1.165, 1.54) is 11.1 Å². The van der Waals surface area contributed by atoms with Crippen molar-refractivity contribution in [3.63, 3.8) is 0 Å². The van der Waals surface area contributed by atoms with Crippen molar-refractivity contribution in [1.82, 2.24) is 14.9 Å². The number of aromatic nitrogens is 2. The zero-order valence-corrected chi connectivity index (χ0v) is 13.3. The molecule has 0 spiro atoms. The van der Waals surface area contributed by atoms with Gasteiger partial charge in [-0.05, 0) is 17.5 Å². The summed E-state index contributed by atoms with van der Waals surface area (Å²) in [6, 6.07) is 10.2. The molecule has 0 fully saturated rings. The summed E-state index contributed by atoms with van der Waals surface area (Å²) in [5.41, 5.74) is 2.77. The van der Waals surface area contributed by atoms with E-state index in [4.69, 9.17) is 4.74 Å². The highest BCUT2D eigenvalue weighted by Crippen LogP contribution is 2.18. The largest absolute Gasteiger partial charge is 0.481 e. The summed E-state index contributed by atoms with van der Waals surface area (Å²) in [5.74, 6) is 0.969. The highest BCUT2D eigenvalue weighted by Gasteiger charge is 2.18. The zero-order chi connectivity index (χ0) is 16.1. The molecule has 0 saturated heterocycles. The van der Waals surface area contributed by atoms with Crippen molar-refractivity contribution in [3.8, 4) is 5.88 Å². The van der Waals surface area contributed by atoms with Gasteiger partial charge in [0, 0.05) is 38.4 Å². The van der Waals surface area contributed by atoms with Crippen LogP contribution in [-0.4, -0.2) is 52.8 Å². The number of hydrogen-bond acceptors (Lipinski definition) is 6. The number of fused-ring (bicyclic) bond motifs is 1. The van der Waals surface area contributed by atoms with Gasteiger partial charge in [-0.25, -0.2) is 4.98 Å². The summed E-state index contributed by atoms with van der Waals surface area (Å²) in [6.07, 6.45) is 2.19. The molecule has 6 heteroatoms. The van der Waals surface area contributed by atoms with Gasteiger partial charge in [0.15, 0.2) is 0 Å². The van der Waals surface area contributed by atoms with E-state index in [0.29, 0.717) is 24.9 Å². The minimum absolute atomic E-state index is 0.408. The highest BCUT2D eigenvalue weighted by molar-refractivity contribution is 5.29.